The van der Waals surface area contributed by atoms with Gasteiger partial charge in [0.05, 0.1) is 10.4 Å². The Morgan fingerprint density at radius 3 is 2.65 bits per heavy atom. The lowest BCUT2D eigenvalue weighted by atomic mass is 10.1. The van der Waals surface area contributed by atoms with Gasteiger partial charge in [0.1, 0.15) is 16.5 Å². The van der Waals surface area contributed by atoms with Gasteiger partial charge in [-0.3, -0.25) is 4.79 Å². The molecule has 1 aromatic heterocycles. The van der Waals surface area contributed by atoms with Crippen molar-refractivity contribution in [2.45, 2.75) is 13.0 Å². The minimum absolute atomic E-state index is 0.135. The van der Waals surface area contributed by atoms with Gasteiger partial charge in [0.2, 0.25) is 0 Å². The molecule has 1 N–H and O–H groups in total. The largest absolute Gasteiger partial charge is 0.451 e. The molecule has 23 heavy (non-hydrogen) atoms. The SMILES string of the molecule is C[C@@H](NC(=O)COC(=O)c1ccc(Cl)s1)c1ccc(F)cc1F. The van der Waals surface area contributed by atoms with Crippen LogP contribution < -0.4 is 5.32 Å². The zero-order valence-electron chi connectivity index (χ0n) is 11.9. The van der Waals surface area contributed by atoms with E-state index in [0.717, 1.165) is 23.5 Å². The summed E-state index contributed by atoms with van der Waals surface area (Å²) in [5.74, 6) is -2.73. The Balaban J connectivity index is 1.88. The molecule has 122 valence electrons. The second kappa shape index (κ2) is 7.52. The lowest BCUT2D eigenvalue weighted by Gasteiger charge is -2.15. The first-order valence-corrected chi connectivity index (χ1v) is 7.73. The van der Waals surface area contributed by atoms with E-state index in [2.05, 4.69) is 5.32 Å². The van der Waals surface area contributed by atoms with E-state index in [1.54, 1.807) is 6.07 Å². The molecule has 1 aromatic carbocycles. The summed E-state index contributed by atoms with van der Waals surface area (Å²) in [6.45, 7) is 1.02. The molecule has 2 aromatic rings. The van der Waals surface area contributed by atoms with Gasteiger partial charge in [0, 0.05) is 11.6 Å². The van der Waals surface area contributed by atoms with Crippen LogP contribution in [0.4, 0.5) is 8.78 Å². The summed E-state index contributed by atoms with van der Waals surface area (Å²) in [5, 5.41) is 2.47. The number of ether oxygens (including phenoxy) is 1. The van der Waals surface area contributed by atoms with E-state index >= 15 is 0 Å². The Bertz CT molecular complexity index is 735. The van der Waals surface area contributed by atoms with Gasteiger partial charge in [-0.15, -0.1) is 11.3 Å². The molecule has 0 saturated carbocycles. The van der Waals surface area contributed by atoms with Crippen molar-refractivity contribution >= 4 is 34.8 Å². The quantitative estimate of drug-likeness (QED) is 0.828. The first-order valence-electron chi connectivity index (χ1n) is 6.53. The summed E-state index contributed by atoms with van der Waals surface area (Å²) < 4.78 is 31.7. The summed E-state index contributed by atoms with van der Waals surface area (Å²) >= 11 is 6.73. The van der Waals surface area contributed by atoms with Gasteiger partial charge in [0.25, 0.3) is 5.91 Å². The average Bonchev–Trinajstić information content (AvgIpc) is 2.91. The van der Waals surface area contributed by atoms with Crippen molar-refractivity contribution in [3.05, 3.63) is 56.7 Å². The van der Waals surface area contributed by atoms with Gasteiger partial charge in [-0.1, -0.05) is 17.7 Å². The number of halogens is 3. The van der Waals surface area contributed by atoms with Crippen LogP contribution in [0.5, 0.6) is 0 Å². The predicted octanol–water partition coefficient (Wildman–Crippen LogP) is 3.71. The number of hydrogen-bond acceptors (Lipinski definition) is 4. The highest BCUT2D eigenvalue weighted by atomic mass is 35.5. The predicted molar refractivity (Wildman–Crippen MR) is 82.5 cm³/mol. The zero-order valence-corrected chi connectivity index (χ0v) is 13.5. The van der Waals surface area contributed by atoms with Crippen molar-refractivity contribution < 1.29 is 23.1 Å². The van der Waals surface area contributed by atoms with E-state index in [-0.39, 0.29) is 10.4 Å². The number of amides is 1. The smallest absolute Gasteiger partial charge is 0.348 e. The minimum Gasteiger partial charge on any atom is -0.451 e. The van der Waals surface area contributed by atoms with Crippen molar-refractivity contribution in [3.63, 3.8) is 0 Å². The van der Waals surface area contributed by atoms with Crippen LogP contribution in [0, 0.1) is 11.6 Å². The molecule has 1 heterocycles. The molecule has 8 heteroatoms. The highest BCUT2D eigenvalue weighted by molar-refractivity contribution is 7.17. The maximum atomic E-state index is 13.6. The fourth-order valence-electron chi connectivity index (χ4n) is 1.84. The Labute approximate surface area is 140 Å². The van der Waals surface area contributed by atoms with Gasteiger partial charge in [0.15, 0.2) is 6.61 Å². The third-order valence-electron chi connectivity index (χ3n) is 2.92. The molecule has 0 fully saturated rings. The highest BCUT2D eigenvalue weighted by Crippen LogP contribution is 2.22. The number of thiophene rings is 1. The van der Waals surface area contributed by atoms with E-state index < -0.39 is 36.2 Å². The number of nitrogens with one attached hydrogen (secondary N) is 1. The summed E-state index contributed by atoms with van der Waals surface area (Å²) in [5.41, 5.74) is 0.135. The third-order valence-corrected chi connectivity index (χ3v) is 4.13. The molecule has 0 saturated heterocycles. The molecule has 0 aliphatic rings. The van der Waals surface area contributed by atoms with Crippen molar-refractivity contribution in [2.75, 3.05) is 6.61 Å². The Hall–Kier alpha value is -1.99. The Morgan fingerprint density at radius 1 is 1.30 bits per heavy atom. The first-order chi connectivity index (χ1) is 10.9. The summed E-state index contributed by atoms with van der Waals surface area (Å²) in [4.78, 5) is 23.7. The third kappa shape index (κ3) is 4.74. The van der Waals surface area contributed by atoms with Crippen LogP contribution in [0.3, 0.4) is 0 Å². The second-order valence-electron chi connectivity index (χ2n) is 4.63. The van der Waals surface area contributed by atoms with Crippen molar-refractivity contribution in [1.82, 2.24) is 5.32 Å². The zero-order chi connectivity index (χ0) is 17.0. The van der Waals surface area contributed by atoms with Crippen molar-refractivity contribution in [2.24, 2.45) is 0 Å². The minimum atomic E-state index is -0.761. The molecule has 2 rings (SSSR count). The molecule has 0 aliphatic carbocycles. The lowest BCUT2D eigenvalue weighted by Crippen LogP contribution is -2.31. The Morgan fingerprint density at radius 2 is 2.04 bits per heavy atom. The van der Waals surface area contributed by atoms with E-state index in [0.29, 0.717) is 4.34 Å². The highest BCUT2D eigenvalue weighted by Gasteiger charge is 2.16. The van der Waals surface area contributed by atoms with Crippen molar-refractivity contribution in [3.8, 4) is 0 Å². The monoisotopic (exact) mass is 359 g/mol. The van der Waals surface area contributed by atoms with Crippen LogP contribution in [0.2, 0.25) is 4.34 Å². The number of carbonyl (C=O) groups is 2. The normalized spacial score (nSPS) is 11.8. The maximum Gasteiger partial charge on any atom is 0.348 e. The Kier molecular flexibility index (Phi) is 5.68. The summed E-state index contributed by atoms with van der Waals surface area (Å²) in [6.07, 6.45) is 0. The molecule has 0 unspecified atom stereocenters. The second-order valence-corrected chi connectivity index (χ2v) is 6.35. The van der Waals surface area contributed by atoms with Crippen LogP contribution >= 0.6 is 22.9 Å². The van der Waals surface area contributed by atoms with Crippen LogP contribution in [0.15, 0.2) is 30.3 Å². The van der Waals surface area contributed by atoms with E-state index in [9.17, 15) is 18.4 Å². The van der Waals surface area contributed by atoms with E-state index in [1.807, 2.05) is 0 Å². The molecule has 1 atom stereocenters. The van der Waals surface area contributed by atoms with Gasteiger partial charge >= 0.3 is 5.97 Å². The van der Waals surface area contributed by atoms with Gasteiger partial charge in [-0.25, -0.2) is 13.6 Å². The van der Waals surface area contributed by atoms with Gasteiger partial charge in [-0.05, 0) is 25.1 Å². The van der Waals surface area contributed by atoms with Crippen LogP contribution in [-0.2, 0) is 9.53 Å². The topological polar surface area (TPSA) is 55.4 Å². The number of benzene rings is 1. The molecular formula is C15H12ClF2NO3S. The standard InChI is InChI=1S/C15H12ClF2NO3S/c1-8(10-3-2-9(17)6-11(10)18)19-14(20)7-22-15(21)12-4-5-13(16)23-12/h2-6,8H,7H2,1H3,(H,19,20)/t8-/m1/s1. The van der Waals surface area contributed by atoms with Gasteiger partial charge in [-0.2, -0.15) is 0 Å². The average molecular weight is 360 g/mol. The van der Waals surface area contributed by atoms with Crippen LogP contribution in [0.25, 0.3) is 0 Å². The molecule has 0 aliphatic heterocycles. The summed E-state index contributed by atoms with van der Waals surface area (Å²) in [6, 6.07) is 5.42. The molecule has 0 bridgehead atoms. The molecule has 1 amide bonds. The molecule has 0 radical (unpaired) electrons. The van der Waals surface area contributed by atoms with E-state index in [1.165, 1.54) is 19.1 Å². The lowest BCUT2D eigenvalue weighted by molar-refractivity contribution is -0.124. The fourth-order valence-corrected chi connectivity index (χ4v) is 2.78. The van der Waals surface area contributed by atoms with Crippen LogP contribution in [-0.4, -0.2) is 18.5 Å². The first kappa shape index (κ1) is 17.4. The van der Waals surface area contributed by atoms with E-state index in [4.69, 9.17) is 16.3 Å². The van der Waals surface area contributed by atoms with Crippen LogP contribution in [0.1, 0.15) is 28.2 Å². The maximum absolute atomic E-state index is 13.6. The number of hydrogen-bond donors (Lipinski definition) is 1. The fraction of sp³-hybridized carbons (Fsp3) is 0.200. The van der Waals surface area contributed by atoms with Gasteiger partial charge < -0.3 is 10.1 Å². The molecule has 4 nitrogen and oxygen atoms in total. The van der Waals surface area contributed by atoms with Crippen molar-refractivity contribution in [1.29, 1.82) is 0 Å². The molecule has 0 spiro atoms. The number of rotatable bonds is 5. The number of carbonyl (C=O) groups excluding carboxylic acids is 2. The molecular weight excluding hydrogens is 348 g/mol. The number of esters is 1. The summed E-state index contributed by atoms with van der Waals surface area (Å²) in [7, 11) is 0.